The third-order valence-corrected chi connectivity index (χ3v) is 5.29. The molecule has 0 saturated carbocycles. The van der Waals surface area contributed by atoms with Gasteiger partial charge in [-0.2, -0.15) is 0 Å². The molecule has 2 heterocycles. The highest BCUT2D eigenvalue weighted by Gasteiger charge is 2.20. The first-order valence-electron chi connectivity index (χ1n) is 9.91. The number of benzene rings is 3. The van der Waals surface area contributed by atoms with Crippen LogP contribution in [-0.4, -0.2) is 26.2 Å². The SMILES string of the molecule is COc1cc(N)cc(-n2c(=O)n(-c3ccc(-c4ccccc4)cc3)c3c(N)ncnc32)c1. The van der Waals surface area contributed by atoms with Crippen LogP contribution < -0.4 is 21.9 Å². The molecule has 5 rings (SSSR count). The van der Waals surface area contributed by atoms with E-state index in [1.54, 1.807) is 25.3 Å². The monoisotopic (exact) mass is 424 g/mol. The first-order valence-corrected chi connectivity index (χ1v) is 9.91. The Morgan fingerprint density at radius 1 is 0.812 bits per heavy atom. The van der Waals surface area contributed by atoms with Gasteiger partial charge in [0.2, 0.25) is 0 Å². The topological polar surface area (TPSA) is 114 Å². The fraction of sp³-hybridized carbons (Fsp3) is 0.0417. The fourth-order valence-electron chi connectivity index (χ4n) is 3.81. The average Bonchev–Trinajstić information content (AvgIpc) is 3.12. The van der Waals surface area contributed by atoms with E-state index in [9.17, 15) is 4.79 Å². The van der Waals surface area contributed by atoms with Crippen LogP contribution >= 0.6 is 0 Å². The number of ether oxygens (including phenoxy) is 1. The Morgan fingerprint density at radius 3 is 2.25 bits per heavy atom. The number of nitrogens with two attached hydrogens (primary N) is 2. The number of hydrogen-bond donors (Lipinski definition) is 2. The van der Waals surface area contributed by atoms with Crippen LogP contribution in [0.15, 0.2) is 83.9 Å². The maximum atomic E-state index is 13.6. The molecule has 0 amide bonds. The van der Waals surface area contributed by atoms with Gasteiger partial charge in [0.1, 0.15) is 17.6 Å². The summed E-state index contributed by atoms with van der Waals surface area (Å²) in [5, 5.41) is 0. The van der Waals surface area contributed by atoms with Crippen molar-refractivity contribution in [3.05, 3.63) is 89.6 Å². The van der Waals surface area contributed by atoms with Crippen molar-refractivity contribution in [1.82, 2.24) is 19.1 Å². The van der Waals surface area contributed by atoms with Crippen molar-refractivity contribution in [1.29, 1.82) is 0 Å². The summed E-state index contributed by atoms with van der Waals surface area (Å²) in [6, 6.07) is 22.8. The van der Waals surface area contributed by atoms with Crippen molar-refractivity contribution >= 4 is 22.7 Å². The molecular weight excluding hydrogens is 404 g/mol. The number of nitrogens with zero attached hydrogens (tertiary/aromatic N) is 4. The summed E-state index contributed by atoms with van der Waals surface area (Å²) in [6.07, 6.45) is 1.33. The molecule has 8 nitrogen and oxygen atoms in total. The number of anilines is 2. The molecule has 158 valence electrons. The third-order valence-electron chi connectivity index (χ3n) is 5.29. The Kier molecular flexibility index (Phi) is 4.59. The Labute approximate surface area is 183 Å². The quantitative estimate of drug-likeness (QED) is 0.427. The summed E-state index contributed by atoms with van der Waals surface area (Å²) in [4.78, 5) is 22.1. The van der Waals surface area contributed by atoms with E-state index in [4.69, 9.17) is 16.2 Å². The highest BCUT2D eigenvalue weighted by Crippen LogP contribution is 2.27. The zero-order chi connectivity index (χ0) is 22.2. The molecule has 5 aromatic rings. The van der Waals surface area contributed by atoms with Gasteiger partial charge in [-0.05, 0) is 29.3 Å². The van der Waals surface area contributed by atoms with Gasteiger partial charge in [0.15, 0.2) is 11.5 Å². The molecule has 3 aromatic carbocycles. The number of hydrogen-bond acceptors (Lipinski definition) is 6. The van der Waals surface area contributed by atoms with Gasteiger partial charge in [0.25, 0.3) is 0 Å². The Morgan fingerprint density at radius 2 is 1.53 bits per heavy atom. The van der Waals surface area contributed by atoms with Crippen LogP contribution in [0.2, 0.25) is 0 Å². The molecule has 0 radical (unpaired) electrons. The van der Waals surface area contributed by atoms with E-state index in [0.29, 0.717) is 34.0 Å². The van der Waals surface area contributed by atoms with Crippen molar-refractivity contribution in [2.45, 2.75) is 0 Å². The Balaban J connectivity index is 1.74. The predicted octanol–water partition coefficient (Wildman–Crippen LogP) is 3.41. The van der Waals surface area contributed by atoms with Crippen LogP contribution in [0, 0.1) is 0 Å². The predicted molar refractivity (Wildman–Crippen MR) is 125 cm³/mol. The molecule has 0 bridgehead atoms. The minimum atomic E-state index is -0.340. The lowest BCUT2D eigenvalue weighted by Crippen LogP contribution is -2.22. The maximum absolute atomic E-state index is 13.6. The number of nitrogen functional groups attached to an aromatic ring is 2. The number of imidazole rings is 1. The molecule has 0 spiro atoms. The lowest BCUT2D eigenvalue weighted by Gasteiger charge is -2.07. The fourth-order valence-corrected chi connectivity index (χ4v) is 3.81. The molecule has 0 aliphatic rings. The molecule has 0 aliphatic carbocycles. The van der Waals surface area contributed by atoms with Crippen LogP contribution in [0.5, 0.6) is 5.75 Å². The third kappa shape index (κ3) is 3.14. The highest BCUT2D eigenvalue weighted by molar-refractivity contribution is 5.85. The smallest absolute Gasteiger partial charge is 0.339 e. The second-order valence-corrected chi connectivity index (χ2v) is 7.26. The van der Waals surface area contributed by atoms with Gasteiger partial charge in [-0.25, -0.2) is 19.3 Å². The van der Waals surface area contributed by atoms with E-state index >= 15 is 0 Å². The number of rotatable bonds is 4. The summed E-state index contributed by atoms with van der Waals surface area (Å²) in [7, 11) is 1.54. The summed E-state index contributed by atoms with van der Waals surface area (Å²) < 4.78 is 8.28. The number of methoxy groups -OCH3 is 1. The maximum Gasteiger partial charge on any atom is 0.339 e. The second kappa shape index (κ2) is 7.59. The van der Waals surface area contributed by atoms with Crippen LogP contribution in [0.1, 0.15) is 0 Å². The second-order valence-electron chi connectivity index (χ2n) is 7.26. The van der Waals surface area contributed by atoms with E-state index < -0.39 is 0 Å². The first-order chi connectivity index (χ1) is 15.6. The Bertz CT molecular complexity index is 1490. The molecule has 0 unspecified atom stereocenters. The summed E-state index contributed by atoms with van der Waals surface area (Å²) in [6.45, 7) is 0. The highest BCUT2D eigenvalue weighted by atomic mass is 16.5. The zero-order valence-corrected chi connectivity index (χ0v) is 17.3. The largest absolute Gasteiger partial charge is 0.497 e. The standard InChI is InChI=1S/C24H20N6O2/c1-32-20-12-17(25)11-19(13-20)30-23-21(22(26)27-14-28-23)29(24(30)31)18-9-7-16(8-10-18)15-5-3-2-4-6-15/h2-14H,25H2,1H3,(H2,26,27,28). The molecule has 8 heteroatoms. The van der Waals surface area contributed by atoms with E-state index in [2.05, 4.69) is 9.97 Å². The van der Waals surface area contributed by atoms with E-state index in [0.717, 1.165) is 11.1 Å². The van der Waals surface area contributed by atoms with Gasteiger partial charge < -0.3 is 16.2 Å². The van der Waals surface area contributed by atoms with Crippen LogP contribution in [0.4, 0.5) is 11.5 Å². The normalized spacial score (nSPS) is 11.0. The van der Waals surface area contributed by atoms with Crippen molar-refractivity contribution in [3.8, 4) is 28.3 Å². The van der Waals surface area contributed by atoms with Gasteiger partial charge in [-0.1, -0.05) is 42.5 Å². The van der Waals surface area contributed by atoms with E-state index in [-0.39, 0.29) is 11.5 Å². The molecular formula is C24H20N6O2. The molecule has 4 N–H and O–H groups in total. The molecule has 32 heavy (non-hydrogen) atoms. The van der Waals surface area contributed by atoms with Crippen molar-refractivity contribution in [2.24, 2.45) is 0 Å². The van der Waals surface area contributed by atoms with Crippen molar-refractivity contribution in [2.75, 3.05) is 18.6 Å². The zero-order valence-electron chi connectivity index (χ0n) is 17.3. The van der Waals surface area contributed by atoms with Gasteiger partial charge in [-0.15, -0.1) is 0 Å². The molecule has 2 aromatic heterocycles. The van der Waals surface area contributed by atoms with Gasteiger partial charge in [-0.3, -0.25) is 4.57 Å². The minimum Gasteiger partial charge on any atom is -0.497 e. The van der Waals surface area contributed by atoms with Crippen LogP contribution in [-0.2, 0) is 0 Å². The molecule has 0 atom stereocenters. The summed E-state index contributed by atoms with van der Waals surface area (Å²) in [5.41, 5.74) is 16.4. The van der Waals surface area contributed by atoms with Gasteiger partial charge >= 0.3 is 5.69 Å². The number of aromatic nitrogens is 4. The van der Waals surface area contributed by atoms with Crippen molar-refractivity contribution < 1.29 is 4.74 Å². The molecule has 0 aliphatic heterocycles. The van der Waals surface area contributed by atoms with Crippen LogP contribution in [0.25, 0.3) is 33.7 Å². The van der Waals surface area contributed by atoms with E-state index in [1.807, 2.05) is 54.6 Å². The van der Waals surface area contributed by atoms with Crippen LogP contribution in [0.3, 0.4) is 0 Å². The molecule has 0 fully saturated rings. The number of fused-ring (bicyclic) bond motifs is 1. The minimum absolute atomic E-state index is 0.203. The lowest BCUT2D eigenvalue weighted by atomic mass is 10.1. The van der Waals surface area contributed by atoms with Gasteiger partial charge in [0, 0.05) is 17.8 Å². The molecule has 0 saturated heterocycles. The first kappa shape index (κ1) is 19.4. The van der Waals surface area contributed by atoms with Crippen molar-refractivity contribution in [3.63, 3.8) is 0 Å². The lowest BCUT2D eigenvalue weighted by molar-refractivity contribution is 0.415. The summed E-state index contributed by atoms with van der Waals surface area (Å²) in [5.74, 6) is 0.732. The Hall–Kier alpha value is -4.59. The average molecular weight is 424 g/mol. The summed E-state index contributed by atoms with van der Waals surface area (Å²) >= 11 is 0. The van der Waals surface area contributed by atoms with E-state index in [1.165, 1.54) is 15.5 Å². The van der Waals surface area contributed by atoms with Gasteiger partial charge in [0.05, 0.1) is 18.5 Å².